The first-order valence-corrected chi connectivity index (χ1v) is 17.9. The van der Waals surface area contributed by atoms with Gasteiger partial charge >= 0.3 is 0 Å². The second-order valence-corrected chi connectivity index (χ2v) is 13.7. The minimum atomic E-state index is -0.486. The average Bonchev–Trinajstić information content (AvgIpc) is 3.53. The molecule has 0 fully saturated rings. The molecular formula is C49H35N3. The zero-order chi connectivity index (χ0) is 34.6. The zero-order valence-electron chi connectivity index (χ0n) is 28.5. The fraction of sp³-hybridized carbons (Fsp3) is 0.0408. The van der Waals surface area contributed by atoms with Crippen molar-refractivity contribution >= 4 is 49.3 Å². The Hall–Kier alpha value is -6.39. The van der Waals surface area contributed by atoms with E-state index in [0.29, 0.717) is 0 Å². The molecule has 0 aliphatic heterocycles. The van der Waals surface area contributed by atoms with E-state index in [1.807, 2.05) is 6.07 Å². The molecule has 0 heterocycles. The van der Waals surface area contributed by atoms with E-state index in [1.54, 1.807) is 0 Å². The van der Waals surface area contributed by atoms with Crippen LogP contribution in [0.25, 0.3) is 76.5 Å². The summed E-state index contributed by atoms with van der Waals surface area (Å²) in [6, 6.07) is 62.8. The van der Waals surface area contributed by atoms with Crippen molar-refractivity contribution < 1.29 is 0 Å². The normalized spacial score (nSPS) is 13.3. The Balaban J connectivity index is 1.13. The Morgan fingerprint density at radius 2 is 1.13 bits per heavy atom. The number of hydrogen-bond acceptors (Lipinski definition) is 3. The van der Waals surface area contributed by atoms with Crippen LogP contribution in [0.15, 0.2) is 181 Å². The number of nitrogens with zero attached hydrogens (tertiary/aromatic N) is 1. The molecular weight excluding hydrogens is 631 g/mol. The van der Waals surface area contributed by atoms with E-state index in [4.69, 9.17) is 10.7 Å². The molecule has 0 radical (unpaired) electrons. The SMILES string of the molecule is NC(NC(/N=C/c1c2ccccc2cc2c1ccc1ccccc12)c1ccc2c(c1)-c1cccc3cccc-2c13)c1ccccc1-c1ccccc1. The fourth-order valence-corrected chi connectivity index (χ4v) is 8.26. The van der Waals surface area contributed by atoms with Crippen LogP contribution in [0.5, 0.6) is 0 Å². The first kappa shape index (κ1) is 30.4. The Labute approximate surface area is 302 Å². The maximum Gasteiger partial charge on any atom is 0.127 e. The highest BCUT2D eigenvalue weighted by Gasteiger charge is 2.24. The lowest BCUT2D eigenvalue weighted by Gasteiger charge is -2.24. The van der Waals surface area contributed by atoms with E-state index in [9.17, 15) is 0 Å². The van der Waals surface area contributed by atoms with Gasteiger partial charge in [0, 0.05) is 11.8 Å². The number of nitrogens with one attached hydrogen (secondary N) is 1. The number of rotatable bonds is 7. The van der Waals surface area contributed by atoms with Crippen LogP contribution in [-0.4, -0.2) is 6.21 Å². The summed E-state index contributed by atoms with van der Waals surface area (Å²) >= 11 is 0. The number of hydrogen-bond donors (Lipinski definition) is 2. The summed E-state index contributed by atoms with van der Waals surface area (Å²) in [5.74, 6) is 0. The molecule has 2 unspecified atom stereocenters. The third-order valence-corrected chi connectivity index (χ3v) is 10.7. The fourth-order valence-electron chi connectivity index (χ4n) is 8.26. The van der Waals surface area contributed by atoms with Crippen LogP contribution in [0.4, 0.5) is 0 Å². The molecule has 0 saturated carbocycles. The standard InChI is InChI=1S/C49H35N3/c50-48(43-21-9-8-18-36(43)31-12-2-1-3-13-31)52-49(35-25-27-39-41-22-10-16-33-17-11-23-42(47(33)41)45(39)29-35)51-30-46-38-20-7-5-15-34(38)28-44-37-19-6-4-14-32(37)24-26-40(44)46/h1-30,48-49,52H,50H2/b51-30+. The molecule has 9 aromatic rings. The number of fused-ring (bicyclic) bond motifs is 7. The molecule has 0 spiro atoms. The van der Waals surface area contributed by atoms with Crippen molar-refractivity contribution in [2.45, 2.75) is 12.3 Å². The minimum absolute atomic E-state index is 0.429. The summed E-state index contributed by atoms with van der Waals surface area (Å²) in [6.07, 6.45) is 1.15. The molecule has 1 aliphatic rings. The summed E-state index contributed by atoms with van der Waals surface area (Å²) in [4.78, 5) is 5.42. The van der Waals surface area contributed by atoms with Crippen molar-refractivity contribution in [1.82, 2.24) is 5.32 Å². The number of nitrogens with two attached hydrogens (primary N) is 1. The molecule has 0 bridgehead atoms. The minimum Gasteiger partial charge on any atom is -0.312 e. The highest BCUT2D eigenvalue weighted by molar-refractivity contribution is 6.20. The number of benzene rings is 9. The zero-order valence-corrected chi connectivity index (χ0v) is 28.5. The second-order valence-electron chi connectivity index (χ2n) is 13.7. The van der Waals surface area contributed by atoms with E-state index in [0.717, 1.165) is 27.8 Å². The van der Waals surface area contributed by atoms with Gasteiger partial charge in [0.15, 0.2) is 0 Å². The molecule has 52 heavy (non-hydrogen) atoms. The van der Waals surface area contributed by atoms with Crippen molar-refractivity contribution in [2.75, 3.05) is 0 Å². The van der Waals surface area contributed by atoms with Crippen LogP contribution in [0.3, 0.4) is 0 Å². The van der Waals surface area contributed by atoms with Gasteiger partial charge < -0.3 is 5.73 Å². The molecule has 246 valence electrons. The molecule has 10 rings (SSSR count). The molecule has 3 heteroatoms. The predicted octanol–water partition coefficient (Wildman–Crippen LogP) is 12.0. The van der Waals surface area contributed by atoms with Crippen LogP contribution in [0.1, 0.15) is 29.0 Å². The van der Waals surface area contributed by atoms with Crippen LogP contribution < -0.4 is 11.1 Å². The van der Waals surface area contributed by atoms with Gasteiger partial charge in [-0.25, -0.2) is 0 Å². The Morgan fingerprint density at radius 3 is 1.98 bits per heavy atom. The smallest absolute Gasteiger partial charge is 0.127 e. The monoisotopic (exact) mass is 665 g/mol. The van der Waals surface area contributed by atoms with E-state index in [-0.39, 0.29) is 0 Å². The Bertz CT molecular complexity index is 2850. The van der Waals surface area contributed by atoms with Gasteiger partial charge in [0.2, 0.25) is 0 Å². The molecule has 3 N–H and O–H groups in total. The van der Waals surface area contributed by atoms with Crippen molar-refractivity contribution in [3.63, 3.8) is 0 Å². The van der Waals surface area contributed by atoms with Gasteiger partial charge in [-0.05, 0) is 99.7 Å². The first-order chi connectivity index (χ1) is 25.7. The van der Waals surface area contributed by atoms with E-state index >= 15 is 0 Å². The molecule has 9 aromatic carbocycles. The quantitative estimate of drug-likeness (QED) is 0.0770. The highest BCUT2D eigenvalue weighted by atomic mass is 15.1. The molecule has 0 amide bonds. The van der Waals surface area contributed by atoms with Crippen LogP contribution in [-0.2, 0) is 0 Å². The van der Waals surface area contributed by atoms with Crippen LogP contribution in [0.2, 0.25) is 0 Å². The van der Waals surface area contributed by atoms with Crippen molar-refractivity contribution in [3.8, 4) is 33.4 Å². The first-order valence-electron chi connectivity index (χ1n) is 17.9. The molecule has 3 nitrogen and oxygen atoms in total. The topological polar surface area (TPSA) is 50.4 Å². The lowest BCUT2D eigenvalue weighted by molar-refractivity contribution is 0.468. The van der Waals surface area contributed by atoms with E-state index in [1.165, 1.54) is 65.3 Å². The van der Waals surface area contributed by atoms with Gasteiger partial charge in [0.25, 0.3) is 0 Å². The molecule has 0 aromatic heterocycles. The third kappa shape index (κ3) is 5.02. The Kier molecular flexibility index (Phi) is 7.28. The highest BCUT2D eigenvalue weighted by Crippen LogP contribution is 2.48. The van der Waals surface area contributed by atoms with Crippen LogP contribution in [0, 0.1) is 0 Å². The summed E-state index contributed by atoms with van der Waals surface area (Å²) in [5, 5.41) is 13.6. The van der Waals surface area contributed by atoms with Crippen molar-refractivity contribution in [3.05, 3.63) is 193 Å². The maximum atomic E-state index is 7.14. The van der Waals surface area contributed by atoms with Gasteiger partial charge in [-0.2, -0.15) is 0 Å². The van der Waals surface area contributed by atoms with Gasteiger partial charge in [-0.1, -0.05) is 164 Å². The third-order valence-electron chi connectivity index (χ3n) is 10.7. The van der Waals surface area contributed by atoms with Gasteiger partial charge in [-0.3, -0.25) is 10.3 Å². The summed E-state index contributed by atoms with van der Waals surface area (Å²) < 4.78 is 0. The molecule has 2 atom stereocenters. The van der Waals surface area contributed by atoms with Gasteiger partial charge in [0.1, 0.15) is 6.17 Å². The van der Waals surface area contributed by atoms with Gasteiger partial charge in [0.05, 0.1) is 6.17 Å². The Morgan fingerprint density at radius 1 is 0.462 bits per heavy atom. The van der Waals surface area contributed by atoms with E-state index < -0.39 is 12.3 Å². The van der Waals surface area contributed by atoms with Crippen LogP contribution >= 0.6 is 0 Å². The average molecular weight is 666 g/mol. The summed E-state index contributed by atoms with van der Waals surface area (Å²) in [7, 11) is 0. The molecule has 1 aliphatic carbocycles. The predicted molar refractivity (Wildman–Crippen MR) is 220 cm³/mol. The summed E-state index contributed by atoms with van der Waals surface area (Å²) in [6.45, 7) is 0. The lowest BCUT2D eigenvalue weighted by Crippen LogP contribution is -2.32. The largest absolute Gasteiger partial charge is 0.312 e. The molecule has 0 saturated heterocycles. The van der Waals surface area contributed by atoms with E-state index in [2.05, 4.69) is 181 Å². The maximum absolute atomic E-state index is 7.14. The van der Waals surface area contributed by atoms with Crippen molar-refractivity contribution in [2.24, 2.45) is 10.7 Å². The van der Waals surface area contributed by atoms with Crippen molar-refractivity contribution in [1.29, 1.82) is 0 Å². The van der Waals surface area contributed by atoms with Gasteiger partial charge in [-0.15, -0.1) is 0 Å². The number of aliphatic imine (C=N–C) groups is 1. The lowest BCUT2D eigenvalue weighted by atomic mass is 9.94. The second kappa shape index (κ2) is 12.4. The summed E-state index contributed by atoms with van der Waals surface area (Å²) in [5.41, 5.74) is 17.6.